The predicted octanol–water partition coefficient (Wildman–Crippen LogP) is 3.87. The maximum atomic E-state index is 12.6. The zero-order valence-electron chi connectivity index (χ0n) is 13.6. The van der Waals surface area contributed by atoms with Crippen molar-refractivity contribution in [3.63, 3.8) is 0 Å². The second-order valence-corrected chi connectivity index (χ2v) is 6.70. The number of ether oxygens (including phenoxy) is 1. The normalized spacial score (nSPS) is 17.3. The number of nitrogens with zero attached hydrogens (tertiary/aromatic N) is 1. The zero-order chi connectivity index (χ0) is 17.1. The summed E-state index contributed by atoms with van der Waals surface area (Å²) in [6.07, 6.45) is 0. The summed E-state index contributed by atoms with van der Waals surface area (Å²) in [4.78, 5) is 16.1. The number of rotatable bonds is 4. The van der Waals surface area contributed by atoms with Crippen LogP contribution in [0.15, 0.2) is 36.4 Å². The van der Waals surface area contributed by atoms with Crippen molar-refractivity contribution < 1.29 is 18.3 Å². The zero-order valence-corrected chi connectivity index (χ0v) is 15.2. The number of thiophene rings is 1. The third-order valence-corrected chi connectivity index (χ3v) is 5.07. The summed E-state index contributed by atoms with van der Waals surface area (Å²) < 4.78 is 28.7. The lowest BCUT2D eigenvalue weighted by molar-refractivity contribution is -0.0498. The fourth-order valence-electron chi connectivity index (χ4n) is 2.69. The minimum absolute atomic E-state index is 0. The average molecular weight is 389 g/mol. The van der Waals surface area contributed by atoms with E-state index in [0.717, 1.165) is 23.5 Å². The standard InChI is InChI=1S/C17H18F2N2O2S.ClH/c1-11-10-20-8-9-21(11)16(22)15-7-6-14(24-15)12-2-4-13(5-3-12)23-17(18)19;/h2-7,11,17,20H,8-10H2,1H3;1H. The highest BCUT2D eigenvalue weighted by atomic mass is 35.5. The van der Waals surface area contributed by atoms with Crippen LogP contribution in [0.4, 0.5) is 8.78 Å². The van der Waals surface area contributed by atoms with Gasteiger partial charge in [0.25, 0.3) is 5.91 Å². The van der Waals surface area contributed by atoms with Gasteiger partial charge in [-0.3, -0.25) is 4.79 Å². The molecule has 1 unspecified atom stereocenters. The van der Waals surface area contributed by atoms with Gasteiger partial charge in [-0.15, -0.1) is 23.7 Å². The lowest BCUT2D eigenvalue weighted by Crippen LogP contribution is -2.52. The monoisotopic (exact) mass is 388 g/mol. The predicted molar refractivity (Wildman–Crippen MR) is 97.0 cm³/mol. The molecule has 0 saturated carbocycles. The smallest absolute Gasteiger partial charge is 0.387 e. The van der Waals surface area contributed by atoms with Crippen LogP contribution in [0.2, 0.25) is 0 Å². The van der Waals surface area contributed by atoms with Gasteiger partial charge in [0.1, 0.15) is 5.75 Å². The Morgan fingerprint density at radius 2 is 2.00 bits per heavy atom. The first-order valence-corrected chi connectivity index (χ1v) is 8.53. The minimum atomic E-state index is -2.83. The molecule has 2 aromatic rings. The van der Waals surface area contributed by atoms with Crippen LogP contribution in [0, 0.1) is 0 Å². The number of carbonyl (C=O) groups excluding carboxylic acids is 1. The number of carbonyl (C=O) groups is 1. The molecule has 25 heavy (non-hydrogen) atoms. The SMILES string of the molecule is CC1CNCCN1C(=O)c1ccc(-c2ccc(OC(F)F)cc2)s1.Cl. The van der Waals surface area contributed by atoms with E-state index < -0.39 is 6.61 Å². The second-order valence-electron chi connectivity index (χ2n) is 5.62. The Balaban J connectivity index is 0.00000225. The molecule has 1 aromatic carbocycles. The number of piperazine rings is 1. The Morgan fingerprint density at radius 1 is 1.28 bits per heavy atom. The van der Waals surface area contributed by atoms with Crippen LogP contribution in [0.5, 0.6) is 5.75 Å². The summed E-state index contributed by atoms with van der Waals surface area (Å²) in [5.74, 6) is 0.161. The van der Waals surface area contributed by atoms with Crippen LogP contribution in [0.3, 0.4) is 0 Å². The van der Waals surface area contributed by atoms with Gasteiger partial charge >= 0.3 is 6.61 Å². The van der Waals surface area contributed by atoms with Gasteiger partial charge in [0.05, 0.1) is 4.88 Å². The summed E-state index contributed by atoms with van der Waals surface area (Å²) >= 11 is 1.41. The Bertz CT molecular complexity index is 709. The molecule has 8 heteroatoms. The highest BCUT2D eigenvalue weighted by molar-refractivity contribution is 7.17. The molecule has 1 fully saturated rings. The average Bonchev–Trinajstić information content (AvgIpc) is 3.05. The first-order chi connectivity index (χ1) is 11.5. The molecule has 1 N–H and O–H groups in total. The molecule has 0 aliphatic carbocycles. The molecule has 3 rings (SSSR count). The topological polar surface area (TPSA) is 41.6 Å². The highest BCUT2D eigenvalue weighted by Crippen LogP contribution is 2.30. The van der Waals surface area contributed by atoms with E-state index in [1.54, 1.807) is 12.1 Å². The van der Waals surface area contributed by atoms with Crippen molar-refractivity contribution in [2.75, 3.05) is 19.6 Å². The first kappa shape index (κ1) is 19.6. The fourth-order valence-corrected chi connectivity index (χ4v) is 3.66. The summed E-state index contributed by atoms with van der Waals surface area (Å²) in [6, 6.07) is 10.3. The van der Waals surface area contributed by atoms with E-state index in [0.29, 0.717) is 11.4 Å². The van der Waals surface area contributed by atoms with Crippen molar-refractivity contribution in [2.45, 2.75) is 19.6 Å². The second kappa shape index (κ2) is 8.60. The van der Waals surface area contributed by atoms with Crippen molar-refractivity contribution in [3.8, 4) is 16.2 Å². The van der Waals surface area contributed by atoms with Crippen molar-refractivity contribution in [2.24, 2.45) is 0 Å². The largest absolute Gasteiger partial charge is 0.435 e. The van der Waals surface area contributed by atoms with Gasteiger partial charge in [-0.25, -0.2) is 0 Å². The molecule has 2 heterocycles. The molecular weight excluding hydrogens is 370 g/mol. The van der Waals surface area contributed by atoms with Crippen molar-refractivity contribution >= 4 is 29.7 Å². The molecule has 1 aliphatic rings. The molecule has 4 nitrogen and oxygen atoms in total. The molecule has 0 spiro atoms. The minimum Gasteiger partial charge on any atom is -0.435 e. The Hall–Kier alpha value is -1.70. The van der Waals surface area contributed by atoms with Gasteiger partial charge in [-0.05, 0) is 48.9 Å². The quantitative estimate of drug-likeness (QED) is 0.864. The third kappa shape index (κ3) is 4.68. The van der Waals surface area contributed by atoms with Crippen molar-refractivity contribution in [1.29, 1.82) is 0 Å². The molecule has 1 amide bonds. The molecule has 1 atom stereocenters. The molecule has 1 saturated heterocycles. The van der Waals surface area contributed by atoms with Crippen LogP contribution in [0.25, 0.3) is 10.4 Å². The lowest BCUT2D eigenvalue weighted by atomic mass is 10.2. The van der Waals surface area contributed by atoms with Gasteiger partial charge < -0.3 is 15.0 Å². The van der Waals surface area contributed by atoms with E-state index in [1.165, 1.54) is 23.5 Å². The molecule has 1 aliphatic heterocycles. The van der Waals surface area contributed by atoms with E-state index >= 15 is 0 Å². The van der Waals surface area contributed by atoms with Gasteiger partial charge in [0.15, 0.2) is 0 Å². The summed E-state index contributed by atoms with van der Waals surface area (Å²) in [5, 5.41) is 3.26. The van der Waals surface area contributed by atoms with E-state index in [4.69, 9.17) is 0 Å². The third-order valence-electron chi connectivity index (χ3n) is 3.94. The Kier molecular flexibility index (Phi) is 6.75. The number of alkyl halides is 2. The van der Waals surface area contributed by atoms with Crippen LogP contribution >= 0.6 is 23.7 Å². The number of nitrogens with one attached hydrogen (secondary N) is 1. The number of hydrogen-bond donors (Lipinski definition) is 1. The highest BCUT2D eigenvalue weighted by Gasteiger charge is 2.25. The van der Waals surface area contributed by atoms with Gasteiger partial charge in [0.2, 0.25) is 0 Å². The summed E-state index contributed by atoms with van der Waals surface area (Å²) in [6.45, 7) is 1.51. The van der Waals surface area contributed by atoms with Crippen LogP contribution in [-0.2, 0) is 0 Å². The van der Waals surface area contributed by atoms with E-state index in [2.05, 4.69) is 10.1 Å². The Morgan fingerprint density at radius 3 is 2.64 bits per heavy atom. The van der Waals surface area contributed by atoms with Crippen LogP contribution in [-0.4, -0.2) is 43.1 Å². The Labute approximate surface area is 155 Å². The van der Waals surface area contributed by atoms with Crippen molar-refractivity contribution in [1.82, 2.24) is 10.2 Å². The summed E-state index contributed by atoms with van der Waals surface area (Å²) in [7, 11) is 0. The number of amides is 1. The van der Waals surface area contributed by atoms with Gasteiger partial charge in [-0.2, -0.15) is 8.78 Å². The van der Waals surface area contributed by atoms with E-state index in [1.807, 2.05) is 24.0 Å². The number of benzene rings is 1. The lowest BCUT2D eigenvalue weighted by Gasteiger charge is -2.33. The molecule has 1 aromatic heterocycles. The van der Waals surface area contributed by atoms with Crippen LogP contribution in [0.1, 0.15) is 16.6 Å². The van der Waals surface area contributed by atoms with E-state index in [9.17, 15) is 13.6 Å². The first-order valence-electron chi connectivity index (χ1n) is 7.71. The number of hydrogen-bond acceptors (Lipinski definition) is 4. The molecule has 0 radical (unpaired) electrons. The van der Waals surface area contributed by atoms with Gasteiger partial charge in [0, 0.05) is 30.6 Å². The maximum Gasteiger partial charge on any atom is 0.387 e. The van der Waals surface area contributed by atoms with E-state index in [-0.39, 0.29) is 30.1 Å². The molecule has 136 valence electrons. The maximum absolute atomic E-state index is 12.6. The summed E-state index contributed by atoms with van der Waals surface area (Å²) in [5.41, 5.74) is 0.869. The van der Waals surface area contributed by atoms with Crippen LogP contribution < -0.4 is 10.1 Å². The fraction of sp³-hybridized carbons (Fsp3) is 0.353. The van der Waals surface area contributed by atoms with Gasteiger partial charge in [-0.1, -0.05) is 0 Å². The van der Waals surface area contributed by atoms with Crippen molar-refractivity contribution in [3.05, 3.63) is 41.3 Å². The molecule has 0 bridgehead atoms. The number of halogens is 3. The molecular formula is C17H19ClF2N2O2S.